The quantitative estimate of drug-likeness (QED) is 0.796. The van der Waals surface area contributed by atoms with Crippen molar-refractivity contribution in [3.63, 3.8) is 0 Å². The van der Waals surface area contributed by atoms with Gasteiger partial charge < -0.3 is 15.4 Å². The van der Waals surface area contributed by atoms with E-state index >= 15 is 0 Å². The van der Waals surface area contributed by atoms with Gasteiger partial charge in [0.15, 0.2) is 0 Å². The topological polar surface area (TPSA) is 99.2 Å². The summed E-state index contributed by atoms with van der Waals surface area (Å²) in [6.45, 7) is 3.36. The van der Waals surface area contributed by atoms with Gasteiger partial charge in [-0.05, 0) is 41.5 Å². The number of carbonyl (C=O) groups excluding carboxylic acids is 1. The molecule has 110 valence electrons. The number of anilines is 1. The van der Waals surface area contributed by atoms with Gasteiger partial charge in [0.05, 0.1) is 0 Å². The molecule has 1 aromatic rings. The third-order valence-corrected chi connectivity index (χ3v) is 4.41. The van der Waals surface area contributed by atoms with Crippen LogP contribution >= 0.6 is 0 Å². The number of rotatable bonds is 2. The molecule has 1 amide bonds. The SMILES string of the molecule is Nc1nnnn1CC(=O)N1CCCC2(CCOCC2)C1. The van der Waals surface area contributed by atoms with E-state index in [0.29, 0.717) is 0 Å². The first-order valence-corrected chi connectivity index (χ1v) is 7.06. The Balaban J connectivity index is 1.64. The molecule has 2 aliphatic rings. The molecule has 0 unspecified atom stereocenters. The molecule has 20 heavy (non-hydrogen) atoms. The van der Waals surface area contributed by atoms with Crippen LogP contribution in [-0.4, -0.2) is 57.3 Å². The molecule has 0 aliphatic carbocycles. The van der Waals surface area contributed by atoms with Gasteiger partial charge in [0.25, 0.3) is 0 Å². The standard InChI is InChI=1S/C12H20N6O2/c13-11-14-15-16-18(11)8-10(19)17-5-1-2-12(9-17)3-6-20-7-4-12/h1-9H2,(H2,13,14,16). The van der Waals surface area contributed by atoms with Crippen LogP contribution in [0.3, 0.4) is 0 Å². The van der Waals surface area contributed by atoms with Crippen molar-refractivity contribution in [3.8, 4) is 0 Å². The molecule has 0 atom stereocenters. The van der Waals surface area contributed by atoms with Crippen molar-refractivity contribution in [1.29, 1.82) is 0 Å². The van der Waals surface area contributed by atoms with Crippen molar-refractivity contribution in [3.05, 3.63) is 0 Å². The van der Waals surface area contributed by atoms with E-state index in [1.165, 1.54) is 11.1 Å². The Labute approximate surface area is 117 Å². The van der Waals surface area contributed by atoms with Crippen LogP contribution in [0.15, 0.2) is 0 Å². The highest BCUT2D eigenvalue weighted by atomic mass is 16.5. The molecule has 8 heteroatoms. The van der Waals surface area contributed by atoms with E-state index in [1.807, 2.05) is 4.90 Å². The molecule has 1 spiro atoms. The van der Waals surface area contributed by atoms with Crippen LogP contribution in [0.2, 0.25) is 0 Å². The summed E-state index contributed by atoms with van der Waals surface area (Å²) in [6, 6.07) is 0. The minimum atomic E-state index is 0.0366. The molecule has 2 saturated heterocycles. The van der Waals surface area contributed by atoms with Crippen LogP contribution in [-0.2, 0) is 16.1 Å². The highest BCUT2D eigenvalue weighted by molar-refractivity contribution is 5.76. The van der Waals surface area contributed by atoms with E-state index in [4.69, 9.17) is 10.5 Å². The number of hydrogen-bond acceptors (Lipinski definition) is 6. The number of nitrogens with zero attached hydrogens (tertiary/aromatic N) is 5. The molecule has 3 rings (SSSR count). The summed E-state index contributed by atoms with van der Waals surface area (Å²) >= 11 is 0. The molecule has 1 aromatic heterocycles. The van der Waals surface area contributed by atoms with Crippen LogP contribution in [0.25, 0.3) is 0 Å². The lowest BCUT2D eigenvalue weighted by Gasteiger charge is -2.45. The molecule has 2 fully saturated rings. The predicted octanol–water partition coefficient (Wildman–Crippen LogP) is -0.326. The number of nitrogen functional groups attached to an aromatic ring is 1. The van der Waals surface area contributed by atoms with Crippen molar-refractivity contribution in [2.45, 2.75) is 32.2 Å². The second-order valence-corrected chi connectivity index (χ2v) is 5.73. The largest absolute Gasteiger partial charge is 0.381 e. The fourth-order valence-electron chi connectivity index (χ4n) is 3.19. The second kappa shape index (κ2) is 5.35. The first-order valence-electron chi connectivity index (χ1n) is 7.06. The van der Waals surface area contributed by atoms with E-state index in [-0.39, 0.29) is 23.8 Å². The first kappa shape index (κ1) is 13.3. The van der Waals surface area contributed by atoms with Gasteiger partial charge in [-0.1, -0.05) is 5.10 Å². The van der Waals surface area contributed by atoms with E-state index in [9.17, 15) is 4.79 Å². The summed E-state index contributed by atoms with van der Waals surface area (Å²) < 4.78 is 6.78. The summed E-state index contributed by atoms with van der Waals surface area (Å²) in [7, 11) is 0. The molecular formula is C12H20N6O2. The number of piperidine rings is 1. The Morgan fingerprint density at radius 3 is 2.85 bits per heavy atom. The molecule has 2 N–H and O–H groups in total. The number of ether oxygens (including phenoxy) is 1. The number of nitrogens with two attached hydrogens (primary N) is 1. The second-order valence-electron chi connectivity index (χ2n) is 5.73. The Hall–Kier alpha value is -1.70. The average Bonchev–Trinajstić information content (AvgIpc) is 2.85. The van der Waals surface area contributed by atoms with Gasteiger partial charge in [-0.2, -0.15) is 0 Å². The first-order chi connectivity index (χ1) is 9.69. The molecule has 3 heterocycles. The van der Waals surface area contributed by atoms with Crippen molar-refractivity contribution in [1.82, 2.24) is 25.1 Å². The van der Waals surface area contributed by atoms with Crippen molar-refractivity contribution in [2.75, 3.05) is 32.0 Å². The highest BCUT2D eigenvalue weighted by Crippen LogP contribution is 2.39. The molecule has 2 aliphatic heterocycles. The van der Waals surface area contributed by atoms with Crippen molar-refractivity contribution in [2.24, 2.45) is 5.41 Å². The normalized spacial score (nSPS) is 22.1. The highest BCUT2D eigenvalue weighted by Gasteiger charge is 2.38. The summed E-state index contributed by atoms with van der Waals surface area (Å²) in [5.74, 6) is 0.214. The van der Waals surface area contributed by atoms with Gasteiger partial charge in [-0.3, -0.25) is 4.79 Å². The van der Waals surface area contributed by atoms with Gasteiger partial charge in [0, 0.05) is 26.3 Å². The predicted molar refractivity (Wildman–Crippen MR) is 70.5 cm³/mol. The fraction of sp³-hybridized carbons (Fsp3) is 0.833. The number of aromatic nitrogens is 4. The third-order valence-electron chi connectivity index (χ3n) is 4.41. The molecule has 0 radical (unpaired) electrons. The van der Waals surface area contributed by atoms with E-state index in [0.717, 1.165) is 45.6 Å². The van der Waals surface area contributed by atoms with Crippen molar-refractivity contribution < 1.29 is 9.53 Å². The van der Waals surface area contributed by atoms with E-state index < -0.39 is 0 Å². The van der Waals surface area contributed by atoms with Gasteiger partial charge in [-0.15, -0.1) is 0 Å². The lowest BCUT2D eigenvalue weighted by Crippen LogP contribution is -2.49. The number of amides is 1. The summed E-state index contributed by atoms with van der Waals surface area (Å²) in [5.41, 5.74) is 5.84. The molecule has 8 nitrogen and oxygen atoms in total. The third kappa shape index (κ3) is 2.60. The van der Waals surface area contributed by atoms with Gasteiger partial charge >= 0.3 is 0 Å². The van der Waals surface area contributed by atoms with Crippen LogP contribution in [0, 0.1) is 5.41 Å². The fourth-order valence-corrected chi connectivity index (χ4v) is 3.19. The zero-order valence-corrected chi connectivity index (χ0v) is 11.5. The van der Waals surface area contributed by atoms with Gasteiger partial charge in [0.2, 0.25) is 11.9 Å². The smallest absolute Gasteiger partial charge is 0.244 e. The zero-order chi connectivity index (χ0) is 14.0. The monoisotopic (exact) mass is 280 g/mol. The number of tetrazole rings is 1. The maximum Gasteiger partial charge on any atom is 0.244 e. The summed E-state index contributed by atoms with van der Waals surface area (Å²) in [4.78, 5) is 14.3. The summed E-state index contributed by atoms with van der Waals surface area (Å²) in [5, 5.41) is 10.8. The zero-order valence-electron chi connectivity index (χ0n) is 11.5. The number of carbonyl (C=O) groups is 1. The van der Waals surface area contributed by atoms with Gasteiger partial charge in [-0.25, -0.2) is 4.68 Å². The molecule has 0 aromatic carbocycles. The summed E-state index contributed by atoms with van der Waals surface area (Å²) in [6.07, 6.45) is 4.33. The molecule has 0 saturated carbocycles. The van der Waals surface area contributed by atoms with E-state index in [2.05, 4.69) is 15.5 Å². The number of likely N-dealkylation sites (tertiary alicyclic amines) is 1. The van der Waals surface area contributed by atoms with Crippen LogP contribution in [0.1, 0.15) is 25.7 Å². The van der Waals surface area contributed by atoms with Crippen molar-refractivity contribution >= 4 is 11.9 Å². The lowest BCUT2D eigenvalue weighted by molar-refractivity contribution is -0.137. The Morgan fingerprint density at radius 2 is 2.15 bits per heavy atom. The lowest BCUT2D eigenvalue weighted by atomic mass is 9.74. The minimum Gasteiger partial charge on any atom is -0.381 e. The van der Waals surface area contributed by atoms with Crippen LogP contribution < -0.4 is 5.73 Å². The Kier molecular flexibility index (Phi) is 3.56. The number of hydrogen-bond donors (Lipinski definition) is 1. The Morgan fingerprint density at radius 1 is 1.35 bits per heavy atom. The molecule has 0 bridgehead atoms. The van der Waals surface area contributed by atoms with Gasteiger partial charge in [0.1, 0.15) is 6.54 Å². The minimum absolute atomic E-state index is 0.0366. The average molecular weight is 280 g/mol. The maximum atomic E-state index is 12.4. The van der Waals surface area contributed by atoms with Crippen LogP contribution in [0.4, 0.5) is 5.95 Å². The van der Waals surface area contributed by atoms with E-state index in [1.54, 1.807) is 0 Å². The van der Waals surface area contributed by atoms with Crippen LogP contribution in [0.5, 0.6) is 0 Å². The Bertz CT molecular complexity index is 477. The molecular weight excluding hydrogens is 260 g/mol. The maximum absolute atomic E-state index is 12.4.